The Morgan fingerprint density at radius 3 is 2.50 bits per heavy atom. The van der Waals surface area contributed by atoms with Crippen LogP contribution in [-0.2, 0) is 4.79 Å². The van der Waals surface area contributed by atoms with Gasteiger partial charge in [-0.2, -0.15) is 0 Å². The van der Waals surface area contributed by atoms with Gasteiger partial charge in [0.15, 0.2) is 0 Å². The van der Waals surface area contributed by atoms with Crippen LogP contribution in [0.15, 0.2) is 12.2 Å². The summed E-state index contributed by atoms with van der Waals surface area (Å²) in [6.07, 6.45) is 17.6. The molecule has 0 unspecified atom stereocenters. The van der Waals surface area contributed by atoms with Gasteiger partial charge in [-0.15, -0.1) is 0 Å². The molecule has 0 amide bonds. The minimum atomic E-state index is 0.374. The van der Waals surface area contributed by atoms with Gasteiger partial charge in [0, 0.05) is 12.3 Å². The van der Waals surface area contributed by atoms with E-state index >= 15 is 0 Å². The van der Waals surface area contributed by atoms with Gasteiger partial charge in [-0.1, -0.05) is 66.0 Å². The Morgan fingerprint density at radius 1 is 1.00 bits per heavy atom. The maximum Gasteiger partial charge on any atom is 0.137 e. The van der Waals surface area contributed by atoms with E-state index in [1.165, 1.54) is 57.8 Å². The molecule has 4 rings (SSSR count). The van der Waals surface area contributed by atoms with Crippen molar-refractivity contribution in [3.8, 4) is 0 Å². The monoisotopic (exact) mass is 384 g/mol. The van der Waals surface area contributed by atoms with Crippen LogP contribution in [0, 0.1) is 52.3 Å². The Morgan fingerprint density at radius 2 is 1.75 bits per heavy atom. The van der Waals surface area contributed by atoms with Gasteiger partial charge in [-0.25, -0.2) is 0 Å². The summed E-state index contributed by atoms with van der Waals surface area (Å²) < 4.78 is 0. The van der Waals surface area contributed by atoms with E-state index < -0.39 is 0 Å². The molecule has 0 N–H and O–H groups in total. The number of carbonyl (C=O) groups is 1. The number of hydrogen-bond acceptors (Lipinski definition) is 1. The van der Waals surface area contributed by atoms with Crippen LogP contribution in [0.5, 0.6) is 0 Å². The second-order valence-electron chi connectivity index (χ2n) is 12.0. The van der Waals surface area contributed by atoms with Crippen molar-refractivity contribution < 1.29 is 4.79 Å². The summed E-state index contributed by atoms with van der Waals surface area (Å²) in [6, 6.07) is 0. The molecule has 0 aromatic rings. The van der Waals surface area contributed by atoms with Crippen LogP contribution in [0.1, 0.15) is 98.8 Å². The molecular formula is C27H44O. The van der Waals surface area contributed by atoms with Crippen molar-refractivity contribution in [2.75, 3.05) is 0 Å². The first-order chi connectivity index (χ1) is 13.3. The molecule has 0 heterocycles. The van der Waals surface area contributed by atoms with Crippen LogP contribution < -0.4 is 0 Å². The lowest BCUT2D eigenvalue weighted by molar-refractivity contribution is -0.151. The van der Waals surface area contributed by atoms with Gasteiger partial charge in [0.1, 0.15) is 5.78 Å². The van der Waals surface area contributed by atoms with Gasteiger partial charge in [0.05, 0.1) is 0 Å². The first kappa shape index (κ1) is 20.7. The van der Waals surface area contributed by atoms with Crippen LogP contribution in [0.4, 0.5) is 0 Å². The average molecular weight is 385 g/mol. The Balaban J connectivity index is 1.52. The molecule has 0 aromatic carbocycles. The third kappa shape index (κ3) is 3.24. The van der Waals surface area contributed by atoms with Gasteiger partial charge in [-0.05, 0) is 84.9 Å². The van der Waals surface area contributed by atoms with Crippen LogP contribution in [0.2, 0.25) is 0 Å². The first-order valence-corrected chi connectivity index (χ1v) is 12.5. The highest BCUT2D eigenvalue weighted by atomic mass is 16.1. The third-order valence-corrected chi connectivity index (χ3v) is 10.2. The minimum Gasteiger partial charge on any atom is -0.299 e. The predicted octanol–water partition coefficient (Wildman–Crippen LogP) is 7.45. The maximum atomic E-state index is 13.4. The topological polar surface area (TPSA) is 17.1 Å². The highest BCUT2D eigenvalue weighted by molar-refractivity contribution is 5.83. The van der Waals surface area contributed by atoms with Crippen molar-refractivity contribution in [3.05, 3.63) is 12.2 Å². The lowest BCUT2D eigenvalue weighted by atomic mass is 9.45. The lowest BCUT2D eigenvalue weighted by Crippen LogP contribution is -2.55. The average Bonchev–Trinajstić information content (AvgIpc) is 2.99. The molecule has 8 atom stereocenters. The smallest absolute Gasteiger partial charge is 0.137 e. The Kier molecular flexibility index (Phi) is 5.60. The molecule has 3 fully saturated rings. The normalized spacial score (nSPS) is 46.2. The molecule has 0 bridgehead atoms. The molecule has 0 spiro atoms. The lowest BCUT2D eigenvalue weighted by Gasteiger charge is -2.59. The van der Waals surface area contributed by atoms with E-state index in [0.29, 0.717) is 40.3 Å². The van der Waals surface area contributed by atoms with E-state index in [1.54, 1.807) is 0 Å². The number of allylic oxidation sites excluding steroid dienone is 2. The molecule has 0 saturated heterocycles. The number of rotatable bonds is 5. The molecule has 0 aromatic heterocycles. The summed E-state index contributed by atoms with van der Waals surface area (Å²) in [5.41, 5.74) is 0.803. The van der Waals surface area contributed by atoms with Crippen molar-refractivity contribution in [2.45, 2.75) is 98.8 Å². The van der Waals surface area contributed by atoms with E-state index in [1.807, 2.05) is 0 Å². The van der Waals surface area contributed by atoms with Crippen LogP contribution in [-0.4, -0.2) is 5.78 Å². The molecule has 28 heavy (non-hydrogen) atoms. The SMILES string of the molecule is CC(C)CCC[C@@H](C)[C@H]1CC[C@H]2[C@@H]3C(=O)C[C@H]4C=CCC[C@]4(C)[C@H]3CC[C@]12C. The van der Waals surface area contributed by atoms with Crippen molar-refractivity contribution in [1.82, 2.24) is 0 Å². The fourth-order valence-corrected chi connectivity index (χ4v) is 8.53. The predicted molar refractivity (Wildman–Crippen MR) is 118 cm³/mol. The zero-order valence-corrected chi connectivity index (χ0v) is 19.2. The largest absolute Gasteiger partial charge is 0.299 e. The Bertz CT molecular complexity index is 618. The Hall–Kier alpha value is -0.590. The molecule has 0 radical (unpaired) electrons. The fraction of sp³-hybridized carbons (Fsp3) is 0.889. The summed E-state index contributed by atoms with van der Waals surface area (Å²) in [5, 5.41) is 0. The van der Waals surface area contributed by atoms with Crippen molar-refractivity contribution in [1.29, 1.82) is 0 Å². The quantitative estimate of drug-likeness (QED) is 0.450. The highest BCUT2D eigenvalue weighted by Crippen LogP contribution is 2.67. The molecule has 1 nitrogen and oxygen atoms in total. The van der Waals surface area contributed by atoms with Gasteiger partial charge < -0.3 is 0 Å². The number of hydrogen-bond donors (Lipinski definition) is 0. The minimum absolute atomic E-state index is 0.374. The first-order valence-electron chi connectivity index (χ1n) is 12.5. The summed E-state index contributed by atoms with van der Waals surface area (Å²) in [6.45, 7) is 12.3. The number of fused-ring (bicyclic) bond motifs is 5. The van der Waals surface area contributed by atoms with Crippen molar-refractivity contribution in [2.24, 2.45) is 52.3 Å². The summed E-state index contributed by atoms with van der Waals surface area (Å²) in [5.74, 6) is 5.33. The summed E-state index contributed by atoms with van der Waals surface area (Å²) in [7, 11) is 0. The maximum absolute atomic E-state index is 13.4. The molecule has 4 aliphatic rings. The van der Waals surface area contributed by atoms with E-state index in [2.05, 4.69) is 46.8 Å². The van der Waals surface area contributed by atoms with E-state index in [9.17, 15) is 4.79 Å². The zero-order valence-electron chi connectivity index (χ0n) is 19.2. The molecule has 3 saturated carbocycles. The molecule has 0 aliphatic heterocycles. The van der Waals surface area contributed by atoms with E-state index in [-0.39, 0.29) is 0 Å². The van der Waals surface area contributed by atoms with Gasteiger partial charge >= 0.3 is 0 Å². The van der Waals surface area contributed by atoms with Crippen LogP contribution in [0.3, 0.4) is 0 Å². The number of Topliss-reactive ketones (excluding diaryl/α,β-unsaturated/α-hetero) is 1. The molecule has 1 heteroatoms. The van der Waals surface area contributed by atoms with Crippen LogP contribution in [0.25, 0.3) is 0 Å². The van der Waals surface area contributed by atoms with Gasteiger partial charge in [0.25, 0.3) is 0 Å². The van der Waals surface area contributed by atoms with Crippen molar-refractivity contribution in [3.63, 3.8) is 0 Å². The van der Waals surface area contributed by atoms with Crippen LogP contribution >= 0.6 is 0 Å². The van der Waals surface area contributed by atoms with Gasteiger partial charge in [-0.3, -0.25) is 4.79 Å². The van der Waals surface area contributed by atoms with Crippen molar-refractivity contribution >= 4 is 5.78 Å². The third-order valence-electron chi connectivity index (χ3n) is 10.2. The number of carbonyl (C=O) groups excluding carboxylic acids is 1. The standard InChI is InChI=1S/C27H44O/c1-18(2)9-8-10-19(3)21-12-13-22-25-23(14-16-27(21,22)5)26(4)15-7-6-11-20(26)17-24(25)28/h6,11,18-23,25H,7-10,12-17H2,1-5H3/t19-,20-,21-,22+,23+,25+,26+,27-/m1/s1. The highest BCUT2D eigenvalue weighted by Gasteiger charge is 2.62. The van der Waals surface area contributed by atoms with E-state index in [4.69, 9.17) is 0 Å². The fourth-order valence-electron chi connectivity index (χ4n) is 8.53. The summed E-state index contributed by atoms with van der Waals surface area (Å²) >= 11 is 0. The van der Waals surface area contributed by atoms with Gasteiger partial charge in [0.2, 0.25) is 0 Å². The molecular weight excluding hydrogens is 340 g/mol. The zero-order chi connectivity index (χ0) is 20.1. The molecule has 158 valence electrons. The molecule has 4 aliphatic carbocycles. The number of ketones is 1. The summed E-state index contributed by atoms with van der Waals surface area (Å²) in [4.78, 5) is 13.4. The van der Waals surface area contributed by atoms with E-state index in [0.717, 1.165) is 24.2 Å². The Labute approximate surface area is 174 Å². The second kappa shape index (κ2) is 7.59. The second-order valence-corrected chi connectivity index (χ2v) is 12.0.